The van der Waals surface area contributed by atoms with Crippen LogP contribution >= 0.6 is 11.6 Å². The van der Waals surface area contributed by atoms with E-state index in [0.29, 0.717) is 11.1 Å². The minimum Gasteiger partial charge on any atom is -0.449 e. The number of halogens is 5. The summed E-state index contributed by atoms with van der Waals surface area (Å²) in [6.07, 6.45) is -4.95. The maximum absolute atomic E-state index is 13.7. The Bertz CT molecular complexity index is 1530. The number of carbonyl (C=O) groups is 1. The number of allylic oxidation sites excluding steroid dienone is 1. The number of aromatic amines is 1. The lowest BCUT2D eigenvalue weighted by Crippen LogP contribution is -2.49. The molecular weight excluding hydrogens is 518 g/mol. The van der Waals surface area contributed by atoms with Gasteiger partial charge in [0.1, 0.15) is 11.6 Å². The topological polar surface area (TPSA) is 111 Å². The molecule has 0 fully saturated rings. The van der Waals surface area contributed by atoms with Crippen molar-refractivity contribution in [3.63, 3.8) is 0 Å². The second-order valence-electron chi connectivity index (χ2n) is 7.99. The standard InChI is InChI=1S/C24H16ClF4N5O3/c1-12-4-15(26)2-3-18(12)19-8-16(32-33-22(19)35)10-34-11-31-21(24(27,28)29)20(23(34)36)37-17-6-13(9-30)5-14(25)7-17/h2-8,31H,10-11H2,1H3,(H,33,35). The monoisotopic (exact) mass is 533 g/mol. The van der Waals surface area contributed by atoms with Crippen LogP contribution in [0.5, 0.6) is 5.75 Å². The van der Waals surface area contributed by atoms with Crippen molar-refractivity contribution in [1.82, 2.24) is 20.4 Å². The number of ether oxygens (including phenoxy) is 1. The number of nitrogens with zero attached hydrogens (tertiary/aromatic N) is 3. The van der Waals surface area contributed by atoms with Crippen LogP contribution in [0.2, 0.25) is 5.02 Å². The molecule has 0 saturated heterocycles. The van der Waals surface area contributed by atoms with E-state index >= 15 is 0 Å². The molecule has 0 unspecified atom stereocenters. The zero-order valence-electron chi connectivity index (χ0n) is 18.9. The van der Waals surface area contributed by atoms with E-state index < -0.39 is 41.6 Å². The molecule has 1 amide bonds. The zero-order chi connectivity index (χ0) is 26.9. The lowest BCUT2D eigenvalue weighted by atomic mass is 10.0. The summed E-state index contributed by atoms with van der Waals surface area (Å²) in [6, 6.07) is 10.6. The molecule has 1 aliphatic heterocycles. The van der Waals surface area contributed by atoms with Crippen molar-refractivity contribution in [2.75, 3.05) is 6.67 Å². The first kappa shape index (κ1) is 25.7. The summed E-state index contributed by atoms with van der Waals surface area (Å²) in [5.74, 6) is -2.90. The number of nitriles is 1. The fourth-order valence-electron chi connectivity index (χ4n) is 3.69. The van der Waals surface area contributed by atoms with Crippen LogP contribution in [0, 0.1) is 24.1 Å². The Morgan fingerprint density at radius 3 is 2.59 bits per heavy atom. The van der Waals surface area contributed by atoms with Gasteiger partial charge in [-0.2, -0.15) is 23.5 Å². The number of benzene rings is 2. The first-order chi connectivity index (χ1) is 17.5. The highest BCUT2D eigenvalue weighted by atomic mass is 35.5. The average molecular weight is 534 g/mol. The van der Waals surface area contributed by atoms with Crippen LogP contribution in [0.1, 0.15) is 16.8 Å². The first-order valence-corrected chi connectivity index (χ1v) is 10.9. The Morgan fingerprint density at radius 1 is 1.16 bits per heavy atom. The van der Waals surface area contributed by atoms with Crippen molar-refractivity contribution in [2.45, 2.75) is 19.6 Å². The number of alkyl halides is 3. The Labute approximate surface area is 211 Å². The Balaban J connectivity index is 1.67. The molecule has 2 heterocycles. The van der Waals surface area contributed by atoms with Crippen LogP contribution in [0.15, 0.2) is 58.7 Å². The third-order valence-electron chi connectivity index (χ3n) is 5.35. The molecule has 0 atom stereocenters. The fourth-order valence-corrected chi connectivity index (χ4v) is 3.91. The second kappa shape index (κ2) is 9.94. The lowest BCUT2D eigenvalue weighted by molar-refractivity contribution is -0.137. The van der Waals surface area contributed by atoms with Gasteiger partial charge in [0.2, 0.25) is 5.76 Å². The molecule has 4 rings (SSSR count). The summed E-state index contributed by atoms with van der Waals surface area (Å²) >= 11 is 5.90. The molecule has 0 radical (unpaired) electrons. The molecular formula is C24H16ClF4N5O3. The summed E-state index contributed by atoms with van der Waals surface area (Å²) in [5, 5.41) is 17.4. The van der Waals surface area contributed by atoms with Gasteiger partial charge in [0.15, 0.2) is 5.70 Å². The highest BCUT2D eigenvalue weighted by molar-refractivity contribution is 6.30. The molecule has 0 bridgehead atoms. The van der Waals surface area contributed by atoms with Crippen LogP contribution in [-0.2, 0) is 11.3 Å². The summed E-state index contributed by atoms with van der Waals surface area (Å²) in [7, 11) is 0. The third-order valence-corrected chi connectivity index (χ3v) is 5.57. The van der Waals surface area contributed by atoms with Crippen molar-refractivity contribution < 1.29 is 27.1 Å². The van der Waals surface area contributed by atoms with Gasteiger partial charge in [0.05, 0.1) is 36.1 Å². The Hall–Kier alpha value is -4.37. The third kappa shape index (κ3) is 5.57. The zero-order valence-corrected chi connectivity index (χ0v) is 19.7. The van der Waals surface area contributed by atoms with Crippen molar-refractivity contribution in [3.8, 4) is 22.9 Å². The van der Waals surface area contributed by atoms with E-state index in [-0.39, 0.29) is 34.1 Å². The summed E-state index contributed by atoms with van der Waals surface area (Å²) in [4.78, 5) is 26.5. The van der Waals surface area contributed by atoms with Gasteiger partial charge in [-0.05, 0) is 54.4 Å². The van der Waals surface area contributed by atoms with Gasteiger partial charge in [-0.1, -0.05) is 17.7 Å². The van der Waals surface area contributed by atoms with Gasteiger partial charge < -0.3 is 15.0 Å². The number of nitrogens with one attached hydrogen (secondary N) is 2. The number of aryl methyl sites for hydroxylation is 1. The summed E-state index contributed by atoms with van der Waals surface area (Å²) < 4.78 is 59.8. The number of H-pyrrole nitrogens is 1. The van der Waals surface area contributed by atoms with E-state index in [1.165, 1.54) is 30.3 Å². The first-order valence-electron chi connectivity index (χ1n) is 10.5. The highest BCUT2D eigenvalue weighted by Crippen LogP contribution is 2.32. The lowest BCUT2D eigenvalue weighted by Gasteiger charge is -2.31. The molecule has 8 nitrogen and oxygen atoms in total. The normalized spacial score (nSPS) is 13.9. The van der Waals surface area contributed by atoms with E-state index in [1.807, 2.05) is 0 Å². The minimum atomic E-state index is -4.95. The molecule has 0 spiro atoms. The molecule has 37 heavy (non-hydrogen) atoms. The van der Waals surface area contributed by atoms with Crippen LogP contribution in [0.25, 0.3) is 11.1 Å². The van der Waals surface area contributed by atoms with E-state index in [0.717, 1.165) is 17.0 Å². The van der Waals surface area contributed by atoms with Crippen LogP contribution in [0.4, 0.5) is 17.6 Å². The highest BCUT2D eigenvalue weighted by Gasteiger charge is 2.44. The molecule has 3 aromatic rings. The maximum Gasteiger partial charge on any atom is 0.434 e. The fraction of sp³-hybridized carbons (Fsp3) is 0.167. The molecule has 190 valence electrons. The molecule has 2 aromatic carbocycles. The Morgan fingerprint density at radius 2 is 1.92 bits per heavy atom. The summed E-state index contributed by atoms with van der Waals surface area (Å²) in [6.45, 7) is 0.773. The van der Waals surface area contributed by atoms with Gasteiger partial charge >= 0.3 is 6.18 Å². The van der Waals surface area contributed by atoms with Crippen molar-refractivity contribution in [1.29, 1.82) is 5.26 Å². The smallest absolute Gasteiger partial charge is 0.434 e. The molecule has 0 saturated carbocycles. The van der Waals surface area contributed by atoms with Gasteiger partial charge in [0.25, 0.3) is 11.5 Å². The average Bonchev–Trinajstić information content (AvgIpc) is 2.82. The molecule has 2 N–H and O–H groups in total. The van der Waals surface area contributed by atoms with Crippen molar-refractivity contribution in [2.24, 2.45) is 0 Å². The molecule has 1 aliphatic rings. The predicted molar refractivity (Wildman–Crippen MR) is 123 cm³/mol. The van der Waals surface area contributed by atoms with Crippen LogP contribution < -0.4 is 15.6 Å². The van der Waals surface area contributed by atoms with E-state index in [2.05, 4.69) is 15.5 Å². The maximum atomic E-state index is 13.7. The van der Waals surface area contributed by atoms with Gasteiger partial charge in [0, 0.05) is 5.02 Å². The minimum absolute atomic E-state index is 0.0192. The van der Waals surface area contributed by atoms with Gasteiger partial charge in [-0.3, -0.25) is 9.59 Å². The van der Waals surface area contributed by atoms with E-state index in [9.17, 15) is 27.2 Å². The molecule has 1 aromatic heterocycles. The number of aromatic nitrogens is 2. The van der Waals surface area contributed by atoms with Gasteiger partial charge in [-0.25, -0.2) is 9.49 Å². The van der Waals surface area contributed by atoms with Crippen LogP contribution in [-0.4, -0.2) is 33.8 Å². The number of amides is 1. The summed E-state index contributed by atoms with van der Waals surface area (Å²) in [5.41, 5.74) is -0.755. The SMILES string of the molecule is Cc1cc(F)ccc1-c1cc(CN2CNC(C(F)(F)F)=C(Oc3cc(Cl)cc(C#N)c3)C2=O)n[nH]c1=O. The predicted octanol–water partition coefficient (Wildman–Crippen LogP) is 4.15. The molecule has 0 aliphatic carbocycles. The molecule has 13 heteroatoms. The number of hydrogen-bond donors (Lipinski definition) is 2. The Kier molecular flexibility index (Phi) is 6.91. The number of carbonyl (C=O) groups excluding carboxylic acids is 1. The quantitative estimate of drug-likeness (QED) is 0.477. The van der Waals surface area contributed by atoms with E-state index in [4.69, 9.17) is 21.6 Å². The van der Waals surface area contributed by atoms with Crippen LogP contribution in [0.3, 0.4) is 0 Å². The van der Waals surface area contributed by atoms with Gasteiger partial charge in [-0.15, -0.1) is 0 Å². The number of hydrogen-bond acceptors (Lipinski definition) is 6. The second-order valence-corrected chi connectivity index (χ2v) is 8.43. The van der Waals surface area contributed by atoms with Crippen molar-refractivity contribution >= 4 is 17.5 Å². The number of rotatable bonds is 5. The van der Waals surface area contributed by atoms with E-state index in [1.54, 1.807) is 13.0 Å². The van der Waals surface area contributed by atoms with Crippen molar-refractivity contribution in [3.05, 3.63) is 91.9 Å². The largest absolute Gasteiger partial charge is 0.449 e.